The molecule has 1 aliphatic rings. The first kappa shape index (κ1) is 18.3. The summed E-state index contributed by atoms with van der Waals surface area (Å²) in [6, 6.07) is 7.26. The Hall–Kier alpha value is -2.01. The molecule has 1 aromatic carbocycles. The first-order chi connectivity index (χ1) is 11.3. The van der Waals surface area contributed by atoms with E-state index in [1.807, 2.05) is 19.1 Å². The van der Waals surface area contributed by atoms with Crippen LogP contribution in [0.15, 0.2) is 40.8 Å². The molecule has 0 saturated heterocycles. The van der Waals surface area contributed by atoms with Crippen molar-refractivity contribution in [3.63, 3.8) is 0 Å². The molecule has 0 aliphatic carbocycles. The van der Waals surface area contributed by atoms with Gasteiger partial charge < -0.3 is 14.7 Å². The highest BCUT2D eigenvalue weighted by atomic mass is 35.5. The van der Waals surface area contributed by atoms with Gasteiger partial charge in [0.15, 0.2) is 0 Å². The highest BCUT2D eigenvalue weighted by molar-refractivity contribution is 6.30. The van der Waals surface area contributed by atoms with Crippen LogP contribution in [-0.4, -0.2) is 22.4 Å². The lowest BCUT2D eigenvalue weighted by Gasteiger charge is -2.30. The minimum absolute atomic E-state index is 0.00481. The number of cyclic esters (lactones) is 1. The normalized spacial score (nSPS) is 17.7. The van der Waals surface area contributed by atoms with Crippen molar-refractivity contribution in [1.82, 2.24) is 0 Å². The van der Waals surface area contributed by atoms with E-state index in [0.717, 1.165) is 12.0 Å². The third-order valence-electron chi connectivity index (χ3n) is 3.53. The molecule has 1 N–H and O–H groups in total. The van der Waals surface area contributed by atoms with Crippen LogP contribution in [-0.2, 0) is 21.0 Å². The summed E-state index contributed by atoms with van der Waals surface area (Å²) in [5.41, 5.74) is 0.663. The molecule has 0 atom stereocenters. The summed E-state index contributed by atoms with van der Waals surface area (Å²) < 4.78 is 5.35. The molecule has 0 bridgehead atoms. The molecule has 1 aliphatic heterocycles. The van der Waals surface area contributed by atoms with Crippen molar-refractivity contribution < 1.29 is 19.5 Å². The fourth-order valence-electron chi connectivity index (χ4n) is 2.50. The summed E-state index contributed by atoms with van der Waals surface area (Å²) in [5.74, 6) is -0.572. The summed E-state index contributed by atoms with van der Waals surface area (Å²) in [7, 11) is 0. The molecular weight excluding hydrogens is 330 g/mol. The number of hydrogen-bond acceptors (Lipinski definition) is 5. The Kier molecular flexibility index (Phi) is 5.89. The molecule has 0 amide bonds. The summed E-state index contributed by atoms with van der Waals surface area (Å²) in [5, 5.41) is 14.9. The monoisotopic (exact) mass is 351 g/mol. The van der Waals surface area contributed by atoms with Crippen LogP contribution in [0.1, 0.15) is 45.6 Å². The van der Waals surface area contributed by atoms with Crippen LogP contribution in [0, 0.1) is 0 Å². The molecular formula is C18H22ClNO4. The molecule has 130 valence electrons. The molecule has 0 unspecified atom stereocenters. The van der Waals surface area contributed by atoms with Crippen molar-refractivity contribution in [2.45, 2.75) is 52.2 Å². The van der Waals surface area contributed by atoms with Crippen molar-refractivity contribution in [3.05, 3.63) is 46.2 Å². The maximum atomic E-state index is 12.2. The number of benzene rings is 1. The summed E-state index contributed by atoms with van der Waals surface area (Å²) in [4.78, 5) is 17.6. The second-order valence-electron chi connectivity index (χ2n) is 6.34. The van der Waals surface area contributed by atoms with Crippen LogP contribution in [0.2, 0.25) is 5.02 Å². The van der Waals surface area contributed by atoms with Gasteiger partial charge in [0.1, 0.15) is 23.5 Å². The third kappa shape index (κ3) is 4.74. The average molecular weight is 352 g/mol. The van der Waals surface area contributed by atoms with Gasteiger partial charge in [0.2, 0.25) is 0 Å². The maximum absolute atomic E-state index is 12.2. The fourth-order valence-corrected chi connectivity index (χ4v) is 2.71. The van der Waals surface area contributed by atoms with Gasteiger partial charge in [-0.1, -0.05) is 42.2 Å². The zero-order chi connectivity index (χ0) is 17.7. The van der Waals surface area contributed by atoms with Gasteiger partial charge in [-0.3, -0.25) is 0 Å². The quantitative estimate of drug-likeness (QED) is 0.463. The van der Waals surface area contributed by atoms with E-state index in [2.05, 4.69) is 5.16 Å². The lowest BCUT2D eigenvalue weighted by atomic mass is 9.94. The topological polar surface area (TPSA) is 68.1 Å². The molecule has 0 fully saturated rings. The van der Waals surface area contributed by atoms with Crippen LogP contribution < -0.4 is 0 Å². The Morgan fingerprint density at radius 3 is 2.83 bits per heavy atom. The number of aliphatic hydroxyl groups excluding tert-OH is 1. The number of esters is 1. The molecule has 1 heterocycles. The van der Waals surface area contributed by atoms with Crippen LogP contribution in [0.3, 0.4) is 0 Å². The van der Waals surface area contributed by atoms with Crippen LogP contribution in [0.25, 0.3) is 0 Å². The minimum Gasteiger partial charge on any atom is -0.511 e. The average Bonchev–Trinajstić information content (AvgIpc) is 2.45. The Labute approximate surface area is 146 Å². The smallest absolute Gasteiger partial charge is 0.344 e. The standard InChI is InChI=1S/C18H22ClNO4/c1-4-6-14(16-15(21)10-18(2,3)24-17(16)22)20-23-11-12-7-5-8-13(19)9-12/h5,7-9,21H,4,6,10-11H2,1-3H3. The van der Waals surface area contributed by atoms with E-state index in [9.17, 15) is 9.90 Å². The summed E-state index contributed by atoms with van der Waals surface area (Å²) in [6.45, 7) is 5.69. The number of ether oxygens (including phenoxy) is 1. The van der Waals surface area contributed by atoms with Crippen molar-refractivity contribution in [3.8, 4) is 0 Å². The number of carbonyl (C=O) groups is 1. The molecule has 0 radical (unpaired) electrons. The van der Waals surface area contributed by atoms with Gasteiger partial charge in [0.25, 0.3) is 0 Å². The van der Waals surface area contributed by atoms with E-state index in [1.54, 1.807) is 26.0 Å². The van der Waals surface area contributed by atoms with Gasteiger partial charge in [-0.25, -0.2) is 4.79 Å². The van der Waals surface area contributed by atoms with Crippen LogP contribution in [0.5, 0.6) is 0 Å². The SMILES string of the molecule is CCCC(=NOCc1cccc(Cl)c1)C1=C(O)CC(C)(C)OC1=O. The summed E-state index contributed by atoms with van der Waals surface area (Å²) in [6.07, 6.45) is 1.52. The molecule has 5 nitrogen and oxygen atoms in total. The van der Waals surface area contributed by atoms with E-state index in [4.69, 9.17) is 21.2 Å². The van der Waals surface area contributed by atoms with Gasteiger partial charge >= 0.3 is 5.97 Å². The van der Waals surface area contributed by atoms with E-state index in [1.165, 1.54) is 0 Å². The predicted octanol–water partition coefficient (Wildman–Crippen LogP) is 4.55. The van der Waals surface area contributed by atoms with Gasteiger partial charge in [-0.15, -0.1) is 0 Å². The molecule has 6 heteroatoms. The lowest BCUT2D eigenvalue weighted by Crippen LogP contribution is -2.36. The third-order valence-corrected chi connectivity index (χ3v) is 3.76. The Morgan fingerprint density at radius 2 is 2.21 bits per heavy atom. The van der Waals surface area contributed by atoms with Gasteiger partial charge in [-0.2, -0.15) is 0 Å². The van der Waals surface area contributed by atoms with Gasteiger partial charge in [0.05, 0.1) is 5.71 Å². The van der Waals surface area contributed by atoms with Crippen LogP contribution >= 0.6 is 11.6 Å². The maximum Gasteiger partial charge on any atom is 0.344 e. The number of carbonyl (C=O) groups excluding carboxylic acids is 1. The molecule has 0 saturated carbocycles. The largest absolute Gasteiger partial charge is 0.511 e. The van der Waals surface area contributed by atoms with E-state index >= 15 is 0 Å². The number of aliphatic hydroxyl groups is 1. The first-order valence-electron chi connectivity index (χ1n) is 7.91. The molecule has 24 heavy (non-hydrogen) atoms. The van der Waals surface area contributed by atoms with Crippen molar-refractivity contribution >= 4 is 23.3 Å². The summed E-state index contributed by atoms with van der Waals surface area (Å²) >= 11 is 5.93. The molecule has 0 aromatic heterocycles. The van der Waals surface area contributed by atoms with Crippen molar-refractivity contribution in [1.29, 1.82) is 0 Å². The number of rotatable bonds is 6. The fraction of sp³-hybridized carbons (Fsp3) is 0.444. The van der Waals surface area contributed by atoms with Crippen molar-refractivity contribution in [2.24, 2.45) is 5.16 Å². The van der Waals surface area contributed by atoms with E-state index in [-0.39, 0.29) is 24.4 Å². The zero-order valence-electron chi connectivity index (χ0n) is 14.1. The Balaban J connectivity index is 2.17. The lowest BCUT2D eigenvalue weighted by molar-refractivity contribution is -0.153. The van der Waals surface area contributed by atoms with Crippen LogP contribution in [0.4, 0.5) is 0 Å². The number of hydrogen-bond donors (Lipinski definition) is 1. The van der Waals surface area contributed by atoms with E-state index in [0.29, 0.717) is 17.2 Å². The first-order valence-corrected chi connectivity index (χ1v) is 8.29. The molecule has 0 spiro atoms. The van der Waals surface area contributed by atoms with Gasteiger partial charge in [0, 0.05) is 11.4 Å². The number of halogens is 1. The molecule has 1 aromatic rings. The molecule has 2 rings (SSSR count). The highest BCUT2D eigenvalue weighted by Gasteiger charge is 2.36. The highest BCUT2D eigenvalue weighted by Crippen LogP contribution is 2.29. The number of oxime groups is 1. The van der Waals surface area contributed by atoms with E-state index < -0.39 is 11.6 Å². The zero-order valence-corrected chi connectivity index (χ0v) is 14.9. The number of nitrogens with zero attached hydrogens (tertiary/aromatic N) is 1. The minimum atomic E-state index is -0.719. The Morgan fingerprint density at radius 1 is 1.46 bits per heavy atom. The van der Waals surface area contributed by atoms with Gasteiger partial charge in [-0.05, 0) is 38.0 Å². The second kappa shape index (κ2) is 7.71. The predicted molar refractivity (Wildman–Crippen MR) is 93.0 cm³/mol. The van der Waals surface area contributed by atoms with Crippen molar-refractivity contribution in [2.75, 3.05) is 0 Å². The Bertz CT molecular complexity index is 679. The second-order valence-corrected chi connectivity index (χ2v) is 6.78.